The van der Waals surface area contributed by atoms with Crippen LogP contribution in [0, 0.1) is 0 Å². The number of carbonyl (C=O) groups is 1. The first-order valence-corrected chi connectivity index (χ1v) is 8.41. The van der Waals surface area contributed by atoms with E-state index in [-0.39, 0.29) is 11.9 Å². The van der Waals surface area contributed by atoms with E-state index in [0.29, 0.717) is 17.4 Å². The van der Waals surface area contributed by atoms with E-state index in [4.69, 9.17) is 5.73 Å². The fourth-order valence-corrected chi connectivity index (χ4v) is 3.35. The maximum Gasteiger partial charge on any atom is 0.233 e. The molecule has 2 rings (SSSR count). The minimum atomic E-state index is 0.0904. The molecule has 0 aliphatic heterocycles. The van der Waals surface area contributed by atoms with E-state index in [1.807, 2.05) is 49.1 Å². The van der Waals surface area contributed by atoms with Crippen LogP contribution in [0.3, 0.4) is 0 Å². The molecule has 1 aromatic heterocycles. The topological polar surface area (TPSA) is 72.1 Å². The molecule has 1 heterocycles. The molecule has 0 fully saturated rings. The fraction of sp³-hybridized carbons (Fsp3) is 0.357. The lowest BCUT2D eigenvalue weighted by molar-refractivity contribution is -0.130. The van der Waals surface area contributed by atoms with Gasteiger partial charge in [0.05, 0.1) is 5.75 Å². The molecule has 0 bridgehead atoms. The van der Waals surface area contributed by atoms with Gasteiger partial charge in [-0.25, -0.2) is 0 Å². The van der Waals surface area contributed by atoms with Gasteiger partial charge < -0.3 is 10.6 Å². The molecule has 1 aromatic carbocycles. The molecule has 0 saturated heterocycles. The van der Waals surface area contributed by atoms with Gasteiger partial charge in [-0.05, 0) is 19.4 Å². The van der Waals surface area contributed by atoms with E-state index in [2.05, 4.69) is 10.2 Å². The molecule has 112 valence electrons. The van der Waals surface area contributed by atoms with Gasteiger partial charge in [-0.2, -0.15) is 0 Å². The highest BCUT2D eigenvalue weighted by atomic mass is 32.2. The first-order valence-electron chi connectivity index (χ1n) is 6.61. The minimum Gasteiger partial charge on any atom is -0.374 e. The highest BCUT2D eigenvalue weighted by Gasteiger charge is 2.18. The number of hydrogen-bond acceptors (Lipinski definition) is 6. The number of thioether (sulfide) groups is 1. The SMILES string of the molecule is CC(C)N(Cc1ccccc1)C(=O)CSc1nnc(N)s1. The molecule has 0 aliphatic carbocycles. The Morgan fingerprint density at radius 3 is 2.62 bits per heavy atom. The monoisotopic (exact) mass is 322 g/mol. The summed E-state index contributed by atoms with van der Waals surface area (Å²) < 4.78 is 0.726. The van der Waals surface area contributed by atoms with Crippen LogP contribution in [-0.4, -0.2) is 32.8 Å². The van der Waals surface area contributed by atoms with Crippen LogP contribution in [0.15, 0.2) is 34.7 Å². The second-order valence-corrected chi connectivity index (χ2v) is 7.03. The first-order chi connectivity index (χ1) is 10.1. The Morgan fingerprint density at radius 2 is 2.05 bits per heavy atom. The van der Waals surface area contributed by atoms with Crippen molar-refractivity contribution in [2.45, 2.75) is 30.8 Å². The lowest BCUT2D eigenvalue weighted by Crippen LogP contribution is -2.37. The Hall–Kier alpha value is -1.60. The summed E-state index contributed by atoms with van der Waals surface area (Å²) in [7, 11) is 0. The zero-order valence-corrected chi connectivity index (χ0v) is 13.7. The molecule has 2 N–H and O–H groups in total. The predicted octanol–water partition coefficient (Wildman–Crippen LogP) is 2.65. The summed E-state index contributed by atoms with van der Waals surface area (Å²) in [5.41, 5.74) is 6.66. The largest absolute Gasteiger partial charge is 0.374 e. The van der Waals surface area contributed by atoms with Gasteiger partial charge in [0.2, 0.25) is 11.0 Å². The van der Waals surface area contributed by atoms with Crippen molar-refractivity contribution in [1.82, 2.24) is 15.1 Å². The van der Waals surface area contributed by atoms with Crippen LogP contribution in [-0.2, 0) is 11.3 Å². The van der Waals surface area contributed by atoms with Crippen molar-refractivity contribution >= 4 is 34.1 Å². The lowest BCUT2D eigenvalue weighted by atomic mass is 10.2. The van der Waals surface area contributed by atoms with Crippen LogP contribution in [0.25, 0.3) is 0 Å². The molecule has 2 aromatic rings. The number of anilines is 1. The van der Waals surface area contributed by atoms with Crippen LogP contribution >= 0.6 is 23.1 Å². The van der Waals surface area contributed by atoms with Crippen molar-refractivity contribution in [3.63, 3.8) is 0 Å². The van der Waals surface area contributed by atoms with E-state index >= 15 is 0 Å². The fourth-order valence-electron chi connectivity index (χ4n) is 1.82. The van der Waals surface area contributed by atoms with Crippen LogP contribution in [0.2, 0.25) is 0 Å². The van der Waals surface area contributed by atoms with Crippen molar-refractivity contribution in [2.75, 3.05) is 11.5 Å². The molecular formula is C14H18N4OS2. The zero-order valence-electron chi connectivity index (χ0n) is 12.0. The average Bonchev–Trinajstić information content (AvgIpc) is 2.89. The summed E-state index contributed by atoms with van der Waals surface area (Å²) >= 11 is 2.68. The van der Waals surface area contributed by atoms with Gasteiger partial charge in [-0.1, -0.05) is 53.4 Å². The highest BCUT2D eigenvalue weighted by Crippen LogP contribution is 2.24. The molecule has 7 heteroatoms. The molecule has 21 heavy (non-hydrogen) atoms. The molecular weight excluding hydrogens is 304 g/mol. The number of nitrogens with zero attached hydrogens (tertiary/aromatic N) is 3. The van der Waals surface area contributed by atoms with Gasteiger partial charge >= 0.3 is 0 Å². The van der Waals surface area contributed by atoms with E-state index in [1.165, 1.54) is 23.1 Å². The average molecular weight is 322 g/mol. The summed E-state index contributed by atoms with van der Waals surface area (Å²) in [6.45, 7) is 4.67. The van der Waals surface area contributed by atoms with Crippen LogP contribution < -0.4 is 5.73 Å². The third-order valence-electron chi connectivity index (χ3n) is 2.88. The smallest absolute Gasteiger partial charge is 0.233 e. The standard InChI is InChI=1S/C14H18N4OS2/c1-10(2)18(8-11-6-4-3-5-7-11)12(19)9-20-14-17-16-13(15)21-14/h3-7,10H,8-9H2,1-2H3,(H2,15,16). The van der Waals surface area contributed by atoms with Gasteiger partial charge in [-0.15, -0.1) is 10.2 Å². The van der Waals surface area contributed by atoms with Crippen molar-refractivity contribution in [3.8, 4) is 0 Å². The van der Waals surface area contributed by atoms with E-state index in [9.17, 15) is 4.79 Å². The van der Waals surface area contributed by atoms with E-state index < -0.39 is 0 Å². The first kappa shape index (κ1) is 15.8. The summed E-state index contributed by atoms with van der Waals surface area (Å²) in [6.07, 6.45) is 0. The molecule has 0 saturated carbocycles. The Morgan fingerprint density at radius 1 is 1.33 bits per heavy atom. The van der Waals surface area contributed by atoms with Gasteiger partial charge in [0.25, 0.3) is 0 Å². The third-order valence-corrected chi connectivity index (χ3v) is 4.75. The molecule has 0 unspecified atom stereocenters. The normalized spacial score (nSPS) is 10.8. The molecule has 0 spiro atoms. The predicted molar refractivity (Wildman–Crippen MR) is 87.2 cm³/mol. The maximum atomic E-state index is 12.4. The van der Waals surface area contributed by atoms with Crippen LogP contribution in [0.1, 0.15) is 19.4 Å². The van der Waals surface area contributed by atoms with Crippen molar-refractivity contribution in [1.29, 1.82) is 0 Å². The van der Waals surface area contributed by atoms with Crippen molar-refractivity contribution in [2.24, 2.45) is 0 Å². The van der Waals surface area contributed by atoms with Crippen molar-refractivity contribution in [3.05, 3.63) is 35.9 Å². The van der Waals surface area contributed by atoms with Crippen LogP contribution in [0.5, 0.6) is 0 Å². The Bertz CT molecular complexity index is 586. The number of benzene rings is 1. The third kappa shape index (κ3) is 4.71. The van der Waals surface area contributed by atoms with Gasteiger partial charge in [-0.3, -0.25) is 4.79 Å². The molecule has 0 radical (unpaired) electrons. The Balaban J connectivity index is 1.95. The second kappa shape index (κ2) is 7.42. The summed E-state index contributed by atoms with van der Waals surface area (Å²) in [4.78, 5) is 14.3. The van der Waals surface area contributed by atoms with Crippen LogP contribution in [0.4, 0.5) is 5.13 Å². The second-order valence-electron chi connectivity index (χ2n) is 4.80. The number of hydrogen-bond donors (Lipinski definition) is 1. The van der Waals surface area contributed by atoms with Gasteiger partial charge in [0.1, 0.15) is 0 Å². The quantitative estimate of drug-likeness (QED) is 0.828. The number of rotatable bonds is 6. The Kier molecular flexibility index (Phi) is 5.58. The zero-order chi connectivity index (χ0) is 15.2. The minimum absolute atomic E-state index is 0.0904. The van der Waals surface area contributed by atoms with Gasteiger partial charge in [0, 0.05) is 12.6 Å². The molecule has 1 amide bonds. The number of amides is 1. The summed E-state index contributed by atoms with van der Waals surface area (Å²) in [6, 6.07) is 10.1. The Labute approximate surface area is 132 Å². The summed E-state index contributed by atoms with van der Waals surface area (Å²) in [5, 5.41) is 8.08. The molecule has 0 atom stereocenters. The number of aromatic nitrogens is 2. The van der Waals surface area contributed by atoms with E-state index in [1.54, 1.807) is 0 Å². The summed E-state index contributed by atoms with van der Waals surface area (Å²) in [5.74, 6) is 0.437. The number of nitrogens with two attached hydrogens (primary N) is 1. The molecule has 0 aliphatic rings. The van der Waals surface area contributed by atoms with Crippen molar-refractivity contribution < 1.29 is 4.79 Å². The number of nitrogen functional groups attached to an aromatic ring is 1. The maximum absolute atomic E-state index is 12.4. The lowest BCUT2D eigenvalue weighted by Gasteiger charge is -2.26. The van der Waals surface area contributed by atoms with Gasteiger partial charge in [0.15, 0.2) is 4.34 Å². The highest BCUT2D eigenvalue weighted by molar-refractivity contribution is 8.01. The number of carbonyl (C=O) groups excluding carboxylic acids is 1. The van der Waals surface area contributed by atoms with E-state index in [0.717, 1.165) is 9.90 Å². The molecule has 5 nitrogen and oxygen atoms in total.